The Balaban J connectivity index is 2.37. The Morgan fingerprint density at radius 2 is 1.18 bits per heavy atom. The smallest absolute Gasteiger partial charge is 0.462 e. The molecule has 1 fully saturated rings. The lowest BCUT2D eigenvalue weighted by Gasteiger charge is -2.20. The monoisotopic (exact) mass is 904 g/mol. The van der Waals surface area contributed by atoms with Gasteiger partial charge in [0, 0.05) is 36.8 Å². The van der Waals surface area contributed by atoms with E-state index in [-0.39, 0.29) is 38.5 Å². The zero-order valence-corrected chi connectivity index (χ0v) is 40.4. The zero-order valence-electron chi connectivity index (χ0n) is 37.9. The largest absolute Gasteiger partial charge is 0.472 e. The van der Waals surface area contributed by atoms with Crippen LogP contribution in [0.5, 0.6) is 0 Å². The van der Waals surface area contributed by atoms with Gasteiger partial charge < -0.3 is 19.7 Å². The minimum Gasteiger partial charge on any atom is -0.462 e. The second kappa shape index (κ2) is 41.7. The average molecular weight is 904 g/mol. The summed E-state index contributed by atoms with van der Waals surface area (Å²) in [7, 11) is -0.676. The van der Waals surface area contributed by atoms with Crippen LogP contribution in [0.1, 0.15) is 213 Å². The van der Waals surface area contributed by atoms with Crippen LogP contribution in [0.15, 0.2) is 24.3 Å². The molecule has 60 heavy (non-hydrogen) atoms. The standard InChI is InChI=1S/C47H86NO9PS2/c1-3-5-7-9-11-13-15-17-18-20-22-24-26-28-30-36-47(51)57-43(41-54-46(50)35-29-27-25-23-21-19-16-14-12-10-8-6-4-2)42-56-58(52,53)55-39-38-48-45(49)34-32-31-33-44-37-40-59-60-44/h13,15,17-18,43-44H,3-12,14,16,19-42H2,1-2H3,(H,48,49)(H,52,53)/b15-13+,18-17+. The molecular weight excluding hydrogens is 818 g/mol. The van der Waals surface area contributed by atoms with Gasteiger partial charge in [0.15, 0.2) is 6.10 Å². The van der Waals surface area contributed by atoms with Gasteiger partial charge in [0.2, 0.25) is 5.91 Å². The Morgan fingerprint density at radius 1 is 0.667 bits per heavy atom. The number of esters is 2. The summed E-state index contributed by atoms with van der Waals surface area (Å²) >= 11 is 0. The molecule has 2 N–H and O–H groups in total. The second-order valence-electron chi connectivity index (χ2n) is 16.3. The quantitative estimate of drug-likeness (QED) is 0.0199. The molecule has 0 aromatic rings. The van der Waals surface area contributed by atoms with Crippen LogP contribution in [0.4, 0.5) is 0 Å². The van der Waals surface area contributed by atoms with Crippen LogP contribution >= 0.6 is 29.4 Å². The lowest BCUT2D eigenvalue weighted by Crippen LogP contribution is -2.30. The summed E-state index contributed by atoms with van der Waals surface area (Å²) in [5, 5.41) is 3.40. The fraction of sp³-hybridized carbons (Fsp3) is 0.851. The molecule has 0 bridgehead atoms. The number of carbonyl (C=O) groups excluding carboxylic acids is 3. The van der Waals surface area contributed by atoms with E-state index in [1.165, 1.54) is 102 Å². The third kappa shape index (κ3) is 38.4. The molecule has 1 amide bonds. The van der Waals surface area contributed by atoms with Crippen LogP contribution in [0.3, 0.4) is 0 Å². The number of carbonyl (C=O) groups is 3. The fourth-order valence-corrected chi connectivity index (χ4v) is 10.7. The van der Waals surface area contributed by atoms with Crippen molar-refractivity contribution < 1.29 is 42.4 Å². The summed E-state index contributed by atoms with van der Waals surface area (Å²) in [5.74, 6) is 0.197. The van der Waals surface area contributed by atoms with E-state index in [1.807, 2.05) is 21.6 Å². The third-order valence-corrected chi connectivity index (χ3v) is 14.6. The lowest BCUT2D eigenvalue weighted by molar-refractivity contribution is -0.161. The lowest BCUT2D eigenvalue weighted by atomic mass is 10.0. The number of ether oxygens (including phenoxy) is 2. The molecule has 0 spiro atoms. The Morgan fingerprint density at radius 3 is 1.75 bits per heavy atom. The van der Waals surface area contributed by atoms with Gasteiger partial charge in [0.05, 0.1) is 13.2 Å². The molecule has 350 valence electrons. The number of allylic oxidation sites excluding steroid dienone is 4. The summed E-state index contributed by atoms with van der Waals surface area (Å²) in [4.78, 5) is 47.8. The van der Waals surface area contributed by atoms with Crippen LogP contribution in [0.25, 0.3) is 0 Å². The van der Waals surface area contributed by atoms with E-state index in [0.29, 0.717) is 18.1 Å². The van der Waals surface area contributed by atoms with Gasteiger partial charge in [-0.15, -0.1) is 0 Å². The van der Waals surface area contributed by atoms with E-state index in [4.69, 9.17) is 18.5 Å². The van der Waals surface area contributed by atoms with Crippen molar-refractivity contribution in [2.75, 3.05) is 32.1 Å². The van der Waals surface area contributed by atoms with Crippen molar-refractivity contribution in [2.24, 2.45) is 0 Å². The highest BCUT2D eigenvalue weighted by Crippen LogP contribution is 2.43. The molecule has 1 aliphatic heterocycles. The van der Waals surface area contributed by atoms with Crippen LogP contribution in [0, 0.1) is 0 Å². The summed E-state index contributed by atoms with van der Waals surface area (Å²) in [6, 6.07) is 0. The Bertz CT molecular complexity index is 1150. The van der Waals surface area contributed by atoms with Gasteiger partial charge in [-0.05, 0) is 57.8 Å². The molecule has 1 heterocycles. The Hall–Kier alpha value is -1.30. The van der Waals surface area contributed by atoms with Crippen LogP contribution < -0.4 is 5.32 Å². The van der Waals surface area contributed by atoms with Crippen LogP contribution in [-0.4, -0.2) is 66.2 Å². The van der Waals surface area contributed by atoms with Gasteiger partial charge >= 0.3 is 19.8 Å². The van der Waals surface area contributed by atoms with E-state index in [2.05, 4.69) is 43.5 Å². The van der Waals surface area contributed by atoms with Crippen molar-refractivity contribution in [1.82, 2.24) is 5.32 Å². The van der Waals surface area contributed by atoms with Crippen molar-refractivity contribution in [3.05, 3.63) is 24.3 Å². The molecular formula is C47H86NO9PS2. The molecule has 0 saturated carbocycles. The van der Waals surface area contributed by atoms with Crippen molar-refractivity contribution >= 4 is 47.3 Å². The summed E-state index contributed by atoms with van der Waals surface area (Å²) in [5.41, 5.74) is 0. The van der Waals surface area contributed by atoms with Crippen molar-refractivity contribution in [1.29, 1.82) is 0 Å². The number of rotatable bonds is 43. The second-order valence-corrected chi connectivity index (χ2v) is 20.6. The van der Waals surface area contributed by atoms with Crippen LogP contribution in [0.2, 0.25) is 0 Å². The number of phosphoric acid groups is 1. The zero-order chi connectivity index (χ0) is 43.6. The average Bonchev–Trinajstić information content (AvgIpc) is 3.76. The highest BCUT2D eigenvalue weighted by molar-refractivity contribution is 8.77. The van der Waals surface area contributed by atoms with Gasteiger partial charge in [-0.25, -0.2) is 4.57 Å². The molecule has 10 nitrogen and oxygen atoms in total. The van der Waals surface area contributed by atoms with Gasteiger partial charge in [0.1, 0.15) is 6.61 Å². The normalized spacial score (nSPS) is 15.8. The number of unbranched alkanes of at least 4 members (excludes halogenated alkanes) is 22. The molecule has 1 saturated heterocycles. The maximum atomic E-state index is 12.8. The van der Waals surface area contributed by atoms with E-state index in [1.54, 1.807) is 0 Å². The number of hydrogen-bond donors (Lipinski definition) is 2. The Kier molecular flexibility index (Phi) is 39.4. The first-order valence-electron chi connectivity index (χ1n) is 24.1. The molecule has 0 radical (unpaired) electrons. The molecule has 1 aliphatic rings. The van der Waals surface area contributed by atoms with Crippen molar-refractivity contribution in [3.8, 4) is 0 Å². The molecule has 0 aromatic heterocycles. The summed E-state index contributed by atoms with van der Waals surface area (Å²) in [6.45, 7) is 3.56. The van der Waals surface area contributed by atoms with E-state index in [9.17, 15) is 23.8 Å². The summed E-state index contributed by atoms with van der Waals surface area (Å²) in [6.07, 6.45) is 40.5. The first-order valence-corrected chi connectivity index (χ1v) is 28.0. The minimum absolute atomic E-state index is 0.0599. The Labute approximate surface area is 374 Å². The number of amides is 1. The van der Waals surface area contributed by atoms with Crippen molar-refractivity contribution in [3.63, 3.8) is 0 Å². The van der Waals surface area contributed by atoms with E-state index < -0.39 is 32.5 Å². The first-order chi connectivity index (χ1) is 29.3. The number of nitrogens with one attached hydrogen (secondary N) is 1. The first kappa shape index (κ1) is 56.7. The van der Waals surface area contributed by atoms with E-state index in [0.717, 1.165) is 77.0 Å². The highest BCUT2D eigenvalue weighted by Gasteiger charge is 2.26. The van der Waals surface area contributed by atoms with E-state index >= 15 is 0 Å². The fourth-order valence-electron chi connectivity index (χ4n) is 6.88. The van der Waals surface area contributed by atoms with Crippen molar-refractivity contribution in [2.45, 2.75) is 224 Å². The van der Waals surface area contributed by atoms with Gasteiger partial charge in [-0.1, -0.05) is 182 Å². The molecule has 13 heteroatoms. The predicted octanol–water partition coefficient (Wildman–Crippen LogP) is 13.7. The molecule has 0 aromatic carbocycles. The SMILES string of the molecule is CCCCCC/C=C/C=C/CCCCCCCC(=O)OC(COC(=O)CCCCCCCCCCCCCCC)COP(=O)(O)OCCNC(=O)CCCCC1CCSS1. The van der Waals surface area contributed by atoms with Crippen LogP contribution in [-0.2, 0) is 37.5 Å². The topological polar surface area (TPSA) is 137 Å². The molecule has 3 unspecified atom stereocenters. The maximum Gasteiger partial charge on any atom is 0.472 e. The molecule has 3 atom stereocenters. The molecule has 0 aliphatic carbocycles. The van der Waals surface area contributed by atoms with Gasteiger partial charge in [-0.3, -0.25) is 23.4 Å². The third-order valence-electron chi connectivity index (χ3n) is 10.6. The van der Waals surface area contributed by atoms with Gasteiger partial charge in [0.25, 0.3) is 0 Å². The minimum atomic E-state index is -4.53. The number of hydrogen-bond acceptors (Lipinski definition) is 10. The number of phosphoric ester groups is 1. The summed E-state index contributed by atoms with van der Waals surface area (Å²) < 4.78 is 33.9. The maximum absolute atomic E-state index is 12.8. The predicted molar refractivity (Wildman–Crippen MR) is 252 cm³/mol. The molecule has 1 rings (SSSR count). The highest BCUT2D eigenvalue weighted by atomic mass is 33.1. The van der Waals surface area contributed by atoms with Gasteiger partial charge in [-0.2, -0.15) is 0 Å².